The molecule has 123 valence electrons. The van der Waals surface area contributed by atoms with Crippen molar-refractivity contribution in [1.82, 2.24) is 5.32 Å². The maximum absolute atomic E-state index is 5.89. The summed E-state index contributed by atoms with van der Waals surface area (Å²) in [5.74, 6) is 1.51. The van der Waals surface area contributed by atoms with E-state index in [9.17, 15) is 0 Å². The van der Waals surface area contributed by atoms with E-state index < -0.39 is 0 Å². The van der Waals surface area contributed by atoms with Gasteiger partial charge in [-0.1, -0.05) is 30.3 Å². The van der Waals surface area contributed by atoms with Crippen molar-refractivity contribution in [3.05, 3.63) is 71.9 Å². The Labute approximate surface area is 141 Å². The molecule has 1 aliphatic rings. The highest BCUT2D eigenvalue weighted by molar-refractivity contribution is 5.75. The topological polar surface area (TPSA) is 52.1 Å². The Morgan fingerprint density at radius 3 is 2.67 bits per heavy atom. The van der Waals surface area contributed by atoms with E-state index in [-0.39, 0.29) is 6.04 Å². The predicted molar refractivity (Wildman–Crippen MR) is 91.9 cm³/mol. The highest BCUT2D eigenvalue weighted by Gasteiger charge is 2.19. The molecule has 24 heavy (non-hydrogen) atoms. The average molecular weight is 323 g/mol. The van der Waals surface area contributed by atoms with Crippen molar-refractivity contribution in [2.45, 2.75) is 12.6 Å². The fourth-order valence-electron chi connectivity index (χ4n) is 2.42. The number of rotatable bonds is 5. The first-order chi connectivity index (χ1) is 11.8. The third-order valence-corrected chi connectivity index (χ3v) is 3.64. The Hall–Kier alpha value is -2.95. The molecule has 2 aromatic rings. The molecule has 0 fully saturated rings. The zero-order chi connectivity index (χ0) is 16.8. The van der Waals surface area contributed by atoms with Gasteiger partial charge in [0.1, 0.15) is 18.1 Å². The van der Waals surface area contributed by atoms with Gasteiger partial charge >= 0.3 is 0 Å². The van der Waals surface area contributed by atoms with Gasteiger partial charge in [-0.05, 0) is 23.8 Å². The van der Waals surface area contributed by atoms with Crippen LogP contribution in [0.5, 0.6) is 11.5 Å². The number of nitrogens with one attached hydrogen (secondary N) is 1. The minimum Gasteiger partial charge on any atom is -0.496 e. The van der Waals surface area contributed by atoms with E-state index in [4.69, 9.17) is 14.2 Å². The lowest BCUT2D eigenvalue weighted by molar-refractivity contribution is 0.304. The Kier molecular flexibility index (Phi) is 5.01. The predicted octanol–water partition coefficient (Wildman–Crippen LogP) is 3.24. The quantitative estimate of drug-likeness (QED) is 0.918. The second-order valence-electron chi connectivity index (χ2n) is 5.19. The number of amidine groups is 1. The van der Waals surface area contributed by atoms with Crippen molar-refractivity contribution >= 4 is 6.02 Å². The highest BCUT2D eigenvalue weighted by atomic mass is 16.5. The first kappa shape index (κ1) is 15.9. The minimum absolute atomic E-state index is 0.215. The third-order valence-electron chi connectivity index (χ3n) is 3.64. The first-order valence-corrected chi connectivity index (χ1v) is 7.61. The van der Waals surface area contributed by atoms with Crippen molar-refractivity contribution in [2.24, 2.45) is 4.99 Å². The Balaban J connectivity index is 1.78. The molecule has 1 unspecified atom stereocenters. The molecule has 5 nitrogen and oxygen atoms in total. The van der Waals surface area contributed by atoms with E-state index in [1.165, 1.54) is 0 Å². The molecule has 5 heteroatoms. The number of hydrogen-bond acceptors (Lipinski definition) is 5. The first-order valence-electron chi connectivity index (χ1n) is 7.61. The lowest BCUT2D eigenvalue weighted by Gasteiger charge is -2.21. The van der Waals surface area contributed by atoms with Gasteiger partial charge in [0.2, 0.25) is 0 Å². The van der Waals surface area contributed by atoms with Crippen molar-refractivity contribution in [3.63, 3.8) is 0 Å². The molecular weight excluding hydrogens is 304 g/mol. The maximum atomic E-state index is 5.89. The van der Waals surface area contributed by atoms with Crippen LogP contribution in [0.3, 0.4) is 0 Å². The molecule has 0 bridgehead atoms. The summed E-state index contributed by atoms with van der Waals surface area (Å²) in [6, 6.07) is 16.0. The van der Waals surface area contributed by atoms with Crippen molar-refractivity contribution in [1.29, 1.82) is 0 Å². The van der Waals surface area contributed by atoms with E-state index in [1.54, 1.807) is 20.4 Å². The molecule has 1 aliphatic heterocycles. The van der Waals surface area contributed by atoms with E-state index in [0.29, 0.717) is 12.6 Å². The summed E-state index contributed by atoms with van der Waals surface area (Å²) in [6.45, 7) is 0.509. The molecule has 0 spiro atoms. The van der Waals surface area contributed by atoms with Crippen LogP contribution in [0.4, 0.5) is 0 Å². The number of ether oxygens (including phenoxy) is 3. The largest absolute Gasteiger partial charge is 0.496 e. The lowest BCUT2D eigenvalue weighted by atomic mass is 10.0. The zero-order valence-corrected chi connectivity index (χ0v) is 13.7. The van der Waals surface area contributed by atoms with Crippen LogP contribution < -0.4 is 14.8 Å². The second kappa shape index (κ2) is 7.55. The van der Waals surface area contributed by atoms with Crippen molar-refractivity contribution < 1.29 is 14.2 Å². The molecule has 0 saturated carbocycles. The Morgan fingerprint density at radius 2 is 1.92 bits per heavy atom. The number of aliphatic imine (C=N–C) groups is 1. The summed E-state index contributed by atoms with van der Waals surface area (Å²) in [5, 5.41) is 3.14. The molecule has 0 aliphatic carbocycles. The Bertz CT molecular complexity index is 742. The molecule has 1 N–H and O–H groups in total. The summed E-state index contributed by atoms with van der Waals surface area (Å²) < 4.78 is 16.5. The van der Waals surface area contributed by atoms with Gasteiger partial charge in [-0.3, -0.25) is 0 Å². The van der Waals surface area contributed by atoms with Gasteiger partial charge in [0, 0.05) is 17.8 Å². The fraction of sp³-hybridized carbons (Fsp3) is 0.211. The number of benzene rings is 2. The van der Waals surface area contributed by atoms with Crippen molar-refractivity contribution in [3.8, 4) is 11.5 Å². The van der Waals surface area contributed by atoms with Crippen LogP contribution >= 0.6 is 0 Å². The molecule has 0 aromatic heterocycles. The van der Waals surface area contributed by atoms with Gasteiger partial charge in [-0.15, -0.1) is 0 Å². The molecule has 0 saturated heterocycles. The Morgan fingerprint density at radius 1 is 1.08 bits per heavy atom. The highest BCUT2D eigenvalue weighted by Crippen LogP contribution is 2.31. The van der Waals surface area contributed by atoms with E-state index in [0.717, 1.165) is 22.6 Å². The van der Waals surface area contributed by atoms with Crippen LogP contribution in [0.25, 0.3) is 0 Å². The van der Waals surface area contributed by atoms with Gasteiger partial charge in [0.25, 0.3) is 6.02 Å². The summed E-state index contributed by atoms with van der Waals surface area (Å²) >= 11 is 0. The van der Waals surface area contributed by atoms with E-state index in [1.807, 2.05) is 48.5 Å². The normalized spacial score (nSPS) is 16.1. The lowest BCUT2D eigenvalue weighted by Crippen LogP contribution is -2.31. The van der Waals surface area contributed by atoms with Gasteiger partial charge < -0.3 is 19.5 Å². The van der Waals surface area contributed by atoms with Crippen LogP contribution in [0.1, 0.15) is 17.2 Å². The fourth-order valence-corrected chi connectivity index (χ4v) is 2.42. The zero-order valence-electron chi connectivity index (χ0n) is 13.7. The van der Waals surface area contributed by atoms with Crippen molar-refractivity contribution in [2.75, 3.05) is 14.2 Å². The molecule has 1 atom stereocenters. The maximum Gasteiger partial charge on any atom is 0.289 e. The summed E-state index contributed by atoms with van der Waals surface area (Å²) in [5.41, 5.74) is 2.02. The standard InChI is InChI=1S/C19H19N2O3/c1-22-18-9-8-15(24-13-14-6-4-3-5-7-14)12-16(18)17-10-11-20-19(21-17)23-2/h3-9,11-12,17H,13H2,1-2H3,(H,20,21). The average Bonchev–Trinajstić information content (AvgIpc) is 2.67. The molecule has 3 rings (SSSR count). The van der Waals surface area contributed by atoms with Gasteiger partial charge in [0.15, 0.2) is 0 Å². The van der Waals surface area contributed by atoms with Crippen LogP contribution in [0.15, 0.2) is 59.7 Å². The SMILES string of the molecule is COC1=NC=[C]C(c2cc(OCc3ccccc3)ccc2OC)N1. The van der Waals surface area contributed by atoms with Crippen LogP contribution in [0, 0.1) is 6.08 Å². The van der Waals surface area contributed by atoms with Gasteiger partial charge in [-0.25, -0.2) is 4.99 Å². The monoisotopic (exact) mass is 323 g/mol. The van der Waals surface area contributed by atoms with Crippen LogP contribution in [-0.2, 0) is 11.3 Å². The van der Waals surface area contributed by atoms with Crippen LogP contribution in [0.2, 0.25) is 0 Å². The molecule has 2 aromatic carbocycles. The molecule has 1 heterocycles. The van der Waals surface area contributed by atoms with E-state index in [2.05, 4.69) is 16.4 Å². The number of hydrogen-bond donors (Lipinski definition) is 1. The summed E-state index contributed by atoms with van der Waals surface area (Å²) in [7, 11) is 3.21. The molecule has 0 amide bonds. The summed E-state index contributed by atoms with van der Waals surface area (Å²) in [4.78, 5) is 4.05. The molecular formula is C19H19N2O3. The van der Waals surface area contributed by atoms with Gasteiger partial charge in [-0.2, -0.15) is 0 Å². The molecule has 1 radical (unpaired) electrons. The smallest absolute Gasteiger partial charge is 0.289 e. The summed E-state index contributed by atoms with van der Waals surface area (Å²) in [6.07, 6.45) is 4.73. The number of methoxy groups -OCH3 is 2. The third kappa shape index (κ3) is 3.68. The number of nitrogens with zero attached hydrogens (tertiary/aromatic N) is 1. The van der Waals surface area contributed by atoms with Crippen LogP contribution in [-0.4, -0.2) is 20.2 Å². The second-order valence-corrected chi connectivity index (χ2v) is 5.19. The minimum atomic E-state index is -0.215. The van der Waals surface area contributed by atoms with E-state index >= 15 is 0 Å². The van der Waals surface area contributed by atoms with Gasteiger partial charge in [0.05, 0.1) is 20.3 Å².